The maximum Gasteiger partial charge on any atom is 0.317 e. The summed E-state index contributed by atoms with van der Waals surface area (Å²) in [4.78, 5) is 27.3. The molecule has 0 aromatic heterocycles. The summed E-state index contributed by atoms with van der Waals surface area (Å²) < 4.78 is 0. The molecule has 2 amide bonds. The second-order valence-electron chi connectivity index (χ2n) is 5.74. The number of carboxylic acid groups (broad SMARTS) is 1. The van der Waals surface area contributed by atoms with Crippen molar-refractivity contribution in [2.45, 2.75) is 25.7 Å². The van der Waals surface area contributed by atoms with E-state index in [4.69, 9.17) is 0 Å². The lowest BCUT2D eigenvalue weighted by atomic mass is 9.69. The minimum absolute atomic E-state index is 0.122. The molecule has 1 saturated carbocycles. The molecule has 0 aromatic rings. The van der Waals surface area contributed by atoms with E-state index in [0.29, 0.717) is 19.4 Å². The van der Waals surface area contributed by atoms with Crippen molar-refractivity contribution >= 4 is 12.0 Å². The standard InChI is InChI=1S/C13H23N3O3/c1-15-6-3-7-16(9-8-15)12(19)14-10-13(11(17)18)4-2-5-13/h2-10H2,1H3,(H,14,19)(H,17,18). The van der Waals surface area contributed by atoms with Gasteiger partial charge in [0.1, 0.15) is 0 Å². The normalized spacial score (nSPS) is 23.3. The molecule has 0 aromatic carbocycles. The second-order valence-corrected chi connectivity index (χ2v) is 5.74. The van der Waals surface area contributed by atoms with Gasteiger partial charge in [0.05, 0.1) is 5.41 Å². The maximum atomic E-state index is 12.1. The van der Waals surface area contributed by atoms with Crippen molar-refractivity contribution in [3.05, 3.63) is 0 Å². The Morgan fingerprint density at radius 3 is 2.47 bits per heavy atom. The number of nitrogens with zero attached hydrogens (tertiary/aromatic N) is 2. The van der Waals surface area contributed by atoms with Crippen LogP contribution in [0.4, 0.5) is 4.79 Å². The Bertz CT molecular complexity index is 355. The molecule has 6 nitrogen and oxygen atoms in total. The highest BCUT2D eigenvalue weighted by atomic mass is 16.4. The van der Waals surface area contributed by atoms with Gasteiger partial charge in [-0.25, -0.2) is 4.79 Å². The third kappa shape index (κ3) is 3.18. The quantitative estimate of drug-likeness (QED) is 0.786. The summed E-state index contributed by atoms with van der Waals surface area (Å²) in [5.41, 5.74) is -0.710. The summed E-state index contributed by atoms with van der Waals surface area (Å²) >= 11 is 0. The molecule has 6 heteroatoms. The molecule has 0 radical (unpaired) electrons. The van der Waals surface area contributed by atoms with Gasteiger partial charge in [-0.2, -0.15) is 0 Å². The molecule has 0 bridgehead atoms. The highest BCUT2D eigenvalue weighted by Gasteiger charge is 2.44. The summed E-state index contributed by atoms with van der Waals surface area (Å²) in [6.07, 6.45) is 3.25. The first kappa shape index (κ1) is 14.1. The Labute approximate surface area is 113 Å². The first-order valence-corrected chi connectivity index (χ1v) is 6.98. The first-order valence-electron chi connectivity index (χ1n) is 6.98. The third-order valence-electron chi connectivity index (χ3n) is 4.35. The Balaban J connectivity index is 1.82. The number of nitrogens with one attached hydrogen (secondary N) is 1. The summed E-state index contributed by atoms with van der Waals surface area (Å²) in [5.74, 6) is -0.783. The van der Waals surface area contributed by atoms with E-state index < -0.39 is 11.4 Å². The smallest absolute Gasteiger partial charge is 0.317 e. The molecule has 19 heavy (non-hydrogen) atoms. The fourth-order valence-electron chi connectivity index (χ4n) is 2.68. The van der Waals surface area contributed by atoms with E-state index in [1.54, 1.807) is 4.90 Å². The van der Waals surface area contributed by atoms with Crippen molar-refractivity contribution in [1.29, 1.82) is 0 Å². The van der Waals surface area contributed by atoms with E-state index in [-0.39, 0.29) is 12.6 Å². The van der Waals surface area contributed by atoms with E-state index in [9.17, 15) is 14.7 Å². The van der Waals surface area contributed by atoms with Crippen molar-refractivity contribution in [3.8, 4) is 0 Å². The van der Waals surface area contributed by atoms with Crippen LogP contribution in [-0.4, -0.2) is 66.7 Å². The van der Waals surface area contributed by atoms with E-state index >= 15 is 0 Å². The maximum absolute atomic E-state index is 12.1. The molecule has 1 aliphatic heterocycles. The number of hydrogen-bond donors (Lipinski definition) is 2. The van der Waals surface area contributed by atoms with Crippen LogP contribution in [0.3, 0.4) is 0 Å². The number of rotatable bonds is 3. The molecule has 1 aliphatic carbocycles. The van der Waals surface area contributed by atoms with Gasteiger partial charge in [0.15, 0.2) is 0 Å². The predicted octanol–water partition coefficient (Wildman–Crippen LogP) is 0.588. The Morgan fingerprint density at radius 1 is 1.16 bits per heavy atom. The molecular formula is C13H23N3O3. The Kier molecular flexibility index (Phi) is 4.29. The molecule has 2 rings (SSSR count). The lowest BCUT2D eigenvalue weighted by Gasteiger charge is -2.38. The molecule has 0 unspecified atom stereocenters. The zero-order chi connectivity index (χ0) is 13.9. The zero-order valence-corrected chi connectivity index (χ0v) is 11.5. The Hall–Kier alpha value is -1.30. The number of carboxylic acids is 1. The monoisotopic (exact) mass is 269 g/mol. The zero-order valence-electron chi connectivity index (χ0n) is 11.5. The summed E-state index contributed by atoms with van der Waals surface area (Å²) in [5, 5.41) is 12.0. The van der Waals surface area contributed by atoms with Gasteiger partial charge >= 0.3 is 12.0 Å². The number of aliphatic carboxylic acids is 1. The van der Waals surface area contributed by atoms with Crippen molar-refractivity contribution in [3.63, 3.8) is 0 Å². The van der Waals surface area contributed by atoms with Gasteiger partial charge < -0.3 is 20.2 Å². The van der Waals surface area contributed by atoms with E-state index in [1.807, 2.05) is 0 Å². The van der Waals surface area contributed by atoms with Crippen LogP contribution in [0, 0.1) is 5.41 Å². The van der Waals surface area contributed by atoms with Crippen LogP contribution in [0.2, 0.25) is 0 Å². The topological polar surface area (TPSA) is 72.9 Å². The average molecular weight is 269 g/mol. The fraction of sp³-hybridized carbons (Fsp3) is 0.846. The molecule has 0 atom stereocenters. The number of amides is 2. The summed E-state index contributed by atoms with van der Waals surface area (Å²) in [6.45, 7) is 3.59. The molecular weight excluding hydrogens is 246 g/mol. The van der Waals surface area contributed by atoms with Gasteiger partial charge in [0, 0.05) is 26.2 Å². The summed E-state index contributed by atoms with van der Waals surface area (Å²) in [7, 11) is 2.05. The number of carbonyl (C=O) groups is 2. The molecule has 1 heterocycles. The van der Waals surface area contributed by atoms with Crippen molar-refractivity contribution in [2.75, 3.05) is 39.8 Å². The largest absolute Gasteiger partial charge is 0.481 e. The lowest BCUT2D eigenvalue weighted by molar-refractivity contribution is -0.153. The van der Waals surface area contributed by atoms with Crippen LogP contribution in [-0.2, 0) is 4.79 Å². The average Bonchev–Trinajstić information content (AvgIpc) is 2.52. The molecule has 2 fully saturated rings. The van der Waals surface area contributed by atoms with Crippen LogP contribution in [0.1, 0.15) is 25.7 Å². The van der Waals surface area contributed by atoms with Gasteiger partial charge in [0.2, 0.25) is 0 Å². The van der Waals surface area contributed by atoms with Gasteiger partial charge in [-0.15, -0.1) is 0 Å². The highest BCUT2D eigenvalue weighted by molar-refractivity contribution is 5.79. The number of hydrogen-bond acceptors (Lipinski definition) is 3. The predicted molar refractivity (Wildman–Crippen MR) is 71.0 cm³/mol. The molecule has 2 aliphatic rings. The summed E-state index contributed by atoms with van der Waals surface area (Å²) in [6, 6.07) is -0.122. The van der Waals surface area contributed by atoms with Crippen molar-refractivity contribution in [2.24, 2.45) is 5.41 Å². The third-order valence-corrected chi connectivity index (χ3v) is 4.35. The molecule has 2 N–H and O–H groups in total. The number of likely N-dealkylation sites (N-methyl/N-ethyl adjacent to an activating group) is 1. The SMILES string of the molecule is CN1CCCN(C(=O)NCC2(C(=O)O)CCC2)CC1. The Morgan fingerprint density at radius 2 is 1.89 bits per heavy atom. The molecule has 0 spiro atoms. The second kappa shape index (κ2) is 5.77. The van der Waals surface area contributed by atoms with Crippen LogP contribution in [0.15, 0.2) is 0 Å². The van der Waals surface area contributed by atoms with Crippen LogP contribution < -0.4 is 5.32 Å². The van der Waals surface area contributed by atoms with E-state index in [2.05, 4.69) is 17.3 Å². The van der Waals surface area contributed by atoms with Crippen LogP contribution in [0.5, 0.6) is 0 Å². The van der Waals surface area contributed by atoms with Crippen molar-refractivity contribution in [1.82, 2.24) is 15.1 Å². The lowest BCUT2D eigenvalue weighted by Crippen LogP contribution is -2.51. The highest BCUT2D eigenvalue weighted by Crippen LogP contribution is 2.40. The number of urea groups is 1. The number of carbonyl (C=O) groups excluding carboxylic acids is 1. The van der Waals surface area contributed by atoms with E-state index in [0.717, 1.165) is 32.5 Å². The molecule has 108 valence electrons. The van der Waals surface area contributed by atoms with Crippen molar-refractivity contribution < 1.29 is 14.7 Å². The molecule has 1 saturated heterocycles. The minimum Gasteiger partial charge on any atom is -0.481 e. The first-order chi connectivity index (χ1) is 9.03. The van der Waals surface area contributed by atoms with Gasteiger partial charge in [0.25, 0.3) is 0 Å². The van der Waals surface area contributed by atoms with Crippen LogP contribution >= 0.6 is 0 Å². The van der Waals surface area contributed by atoms with Gasteiger partial charge in [-0.1, -0.05) is 6.42 Å². The van der Waals surface area contributed by atoms with Gasteiger partial charge in [-0.3, -0.25) is 4.79 Å². The van der Waals surface area contributed by atoms with Gasteiger partial charge in [-0.05, 0) is 32.9 Å². The van der Waals surface area contributed by atoms with E-state index in [1.165, 1.54) is 0 Å². The minimum atomic E-state index is -0.783. The fourth-order valence-corrected chi connectivity index (χ4v) is 2.68. The van der Waals surface area contributed by atoms with Crippen LogP contribution in [0.25, 0.3) is 0 Å².